The third kappa shape index (κ3) is 9.24. The first-order valence-corrected chi connectivity index (χ1v) is 17.1. The second-order valence-corrected chi connectivity index (χ2v) is 13.2. The Kier molecular flexibility index (Phi) is 12.3. The van der Waals surface area contributed by atoms with Crippen molar-refractivity contribution in [3.63, 3.8) is 0 Å². The highest BCUT2D eigenvalue weighted by molar-refractivity contribution is 7.89. The molecule has 1 saturated heterocycles. The number of carbonyl (C=O) groups excluding carboxylic acids is 1. The van der Waals surface area contributed by atoms with Crippen LogP contribution >= 0.6 is 0 Å². The molecule has 1 fully saturated rings. The maximum atomic E-state index is 13.6. The molecule has 15 nitrogen and oxygen atoms in total. The molecule has 258 valence electrons. The van der Waals surface area contributed by atoms with Crippen molar-refractivity contribution < 1.29 is 42.1 Å². The number of fused-ring (bicyclic) bond motifs is 13. The smallest absolute Gasteiger partial charge is 0.318 e. The van der Waals surface area contributed by atoms with E-state index in [1.165, 1.54) is 30.5 Å². The minimum Gasteiger partial charge on any atom is -0.489 e. The zero-order valence-electron chi connectivity index (χ0n) is 26.4. The summed E-state index contributed by atoms with van der Waals surface area (Å²) in [6.07, 6.45) is 3.37. The number of sulfonamides is 1. The quantitative estimate of drug-likeness (QED) is 0.275. The Hall–Kier alpha value is -4.19. The van der Waals surface area contributed by atoms with Gasteiger partial charge in [0.25, 0.3) is 5.91 Å². The van der Waals surface area contributed by atoms with Crippen molar-refractivity contribution in [3.05, 3.63) is 59.9 Å². The Morgan fingerprint density at radius 1 is 1.00 bits per heavy atom. The molecule has 0 saturated carbocycles. The summed E-state index contributed by atoms with van der Waals surface area (Å²) in [7, 11) is -4.17. The van der Waals surface area contributed by atoms with E-state index in [1.54, 1.807) is 6.07 Å². The summed E-state index contributed by atoms with van der Waals surface area (Å²) in [5.41, 5.74) is 7.95. The fraction of sp³-hybridized carbons (Fsp3) is 0.438. The van der Waals surface area contributed by atoms with Crippen LogP contribution in [0.2, 0.25) is 0 Å². The summed E-state index contributed by atoms with van der Waals surface area (Å²) in [5.74, 6) is -1.02. The molecule has 2 aromatic carbocycles. The molecule has 0 unspecified atom stereocenters. The van der Waals surface area contributed by atoms with Crippen molar-refractivity contribution in [1.29, 1.82) is 0 Å². The van der Waals surface area contributed by atoms with E-state index in [1.807, 2.05) is 12.1 Å². The number of ether oxygens (including phenoxy) is 4. The van der Waals surface area contributed by atoms with Gasteiger partial charge >= 0.3 is 5.97 Å². The Bertz CT molecular complexity index is 1670. The van der Waals surface area contributed by atoms with Gasteiger partial charge in [0.05, 0.1) is 48.9 Å². The molecule has 0 radical (unpaired) electrons. The molecule has 3 aromatic rings. The lowest BCUT2D eigenvalue weighted by atomic mass is 10.0. The fourth-order valence-electron chi connectivity index (χ4n) is 5.31. The van der Waals surface area contributed by atoms with Crippen LogP contribution in [-0.2, 0) is 35.6 Å². The second kappa shape index (κ2) is 16.8. The SMILES string of the molecule is Nc1ncc2nc1C(=O)Nc1cccc(CNCC3CCOCC3)c1OCCOCCOCCN(CC(=O)O)S(=O)(=O)c1ccc-2cc1. The van der Waals surface area contributed by atoms with E-state index in [-0.39, 0.29) is 61.7 Å². The first-order valence-electron chi connectivity index (χ1n) is 15.7. The largest absolute Gasteiger partial charge is 0.489 e. The average Bonchev–Trinajstić information content (AvgIpc) is 3.08. The van der Waals surface area contributed by atoms with E-state index in [4.69, 9.17) is 24.7 Å². The Labute approximate surface area is 278 Å². The first kappa shape index (κ1) is 35.1. The average molecular weight is 685 g/mol. The number of rotatable bonds is 6. The number of nitrogens with two attached hydrogens (primary N) is 1. The van der Waals surface area contributed by atoms with Crippen molar-refractivity contribution >= 4 is 33.4 Å². The number of aromatic nitrogens is 2. The predicted molar refractivity (Wildman–Crippen MR) is 175 cm³/mol. The van der Waals surface area contributed by atoms with Crippen LogP contribution in [0.3, 0.4) is 0 Å². The molecule has 16 heteroatoms. The van der Waals surface area contributed by atoms with Crippen LogP contribution in [0.25, 0.3) is 11.3 Å². The normalized spacial score (nSPS) is 18.5. The summed E-state index contributed by atoms with van der Waals surface area (Å²) in [5, 5.41) is 15.7. The minimum atomic E-state index is -4.17. The van der Waals surface area contributed by atoms with E-state index in [2.05, 4.69) is 20.6 Å². The third-order valence-corrected chi connectivity index (χ3v) is 9.74. The van der Waals surface area contributed by atoms with Gasteiger partial charge in [-0.1, -0.05) is 24.3 Å². The van der Waals surface area contributed by atoms with Gasteiger partial charge in [-0.15, -0.1) is 0 Å². The Balaban J connectivity index is 1.41. The molecule has 5 N–H and O–H groups in total. The summed E-state index contributed by atoms with van der Waals surface area (Å²) < 4.78 is 50.3. The highest BCUT2D eigenvalue weighted by atomic mass is 32.2. The molecular weight excluding hydrogens is 644 g/mol. The summed E-state index contributed by atoms with van der Waals surface area (Å²) in [6.45, 7) is 2.62. The molecule has 0 spiro atoms. The lowest BCUT2D eigenvalue weighted by Gasteiger charge is -2.23. The van der Waals surface area contributed by atoms with Gasteiger partial charge in [-0.05, 0) is 43.5 Å². The Morgan fingerprint density at radius 2 is 1.71 bits per heavy atom. The highest BCUT2D eigenvalue weighted by Gasteiger charge is 2.27. The number of nitrogens with zero attached hydrogens (tertiary/aromatic N) is 3. The number of hydrogen-bond acceptors (Lipinski definition) is 12. The topological polar surface area (TPSA) is 205 Å². The van der Waals surface area contributed by atoms with Gasteiger partial charge in [0.2, 0.25) is 10.0 Å². The van der Waals surface area contributed by atoms with Crippen molar-refractivity contribution in [2.45, 2.75) is 24.3 Å². The summed E-state index contributed by atoms with van der Waals surface area (Å²) in [4.78, 5) is 33.5. The lowest BCUT2D eigenvalue weighted by Crippen LogP contribution is -2.38. The van der Waals surface area contributed by atoms with Gasteiger partial charge in [-0.2, -0.15) is 4.31 Å². The molecular formula is C32H40N6O9S. The number of aliphatic carboxylic acids is 1. The van der Waals surface area contributed by atoms with E-state index in [0.29, 0.717) is 29.5 Å². The fourth-order valence-corrected chi connectivity index (χ4v) is 6.69. The number of nitrogens with one attached hydrogen (secondary N) is 2. The van der Waals surface area contributed by atoms with Gasteiger partial charge < -0.3 is 40.4 Å². The number of para-hydroxylation sites is 1. The third-order valence-electron chi connectivity index (χ3n) is 7.88. The minimum absolute atomic E-state index is 0.0361. The number of hydrogen-bond donors (Lipinski definition) is 4. The van der Waals surface area contributed by atoms with Crippen LogP contribution in [0.5, 0.6) is 5.75 Å². The maximum Gasteiger partial charge on any atom is 0.318 e. The highest BCUT2D eigenvalue weighted by Crippen LogP contribution is 2.31. The molecule has 4 bridgehead atoms. The Morgan fingerprint density at radius 3 is 2.46 bits per heavy atom. The number of benzene rings is 2. The number of anilines is 2. The van der Waals surface area contributed by atoms with Crippen LogP contribution < -0.4 is 21.1 Å². The van der Waals surface area contributed by atoms with Crippen LogP contribution in [0.15, 0.2) is 53.6 Å². The van der Waals surface area contributed by atoms with E-state index in [9.17, 15) is 23.1 Å². The lowest BCUT2D eigenvalue weighted by molar-refractivity contribution is -0.137. The first-order chi connectivity index (χ1) is 23.2. The van der Waals surface area contributed by atoms with Gasteiger partial charge in [0.15, 0.2) is 11.5 Å². The van der Waals surface area contributed by atoms with Gasteiger partial charge in [0.1, 0.15) is 18.9 Å². The molecule has 3 aliphatic rings. The van der Waals surface area contributed by atoms with E-state index < -0.39 is 28.4 Å². The molecule has 1 amide bonds. The number of nitrogen functional groups attached to an aromatic ring is 1. The van der Waals surface area contributed by atoms with Crippen LogP contribution in [0.1, 0.15) is 28.9 Å². The van der Waals surface area contributed by atoms with Crippen molar-refractivity contribution in [2.24, 2.45) is 5.92 Å². The second-order valence-electron chi connectivity index (χ2n) is 11.3. The van der Waals surface area contributed by atoms with Crippen LogP contribution in [0.4, 0.5) is 11.5 Å². The molecule has 0 atom stereocenters. The standard InChI is InChI=1S/C32H40N6O9S/c33-31-29-32(41)37-26-3-1-2-24(19-34-18-22-8-11-44-12-9-22)30(26)47-17-16-46-15-14-45-13-10-38(21-28(39)40)48(42,43)25-6-4-23(5-7-25)27(36-29)20-35-31/h1-7,20,22,34H,8-19,21H2,(H2,33,35)(H,37,41)(H,39,40). The van der Waals surface area contributed by atoms with Gasteiger partial charge in [-0.3, -0.25) is 9.59 Å². The van der Waals surface area contributed by atoms with Crippen molar-refractivity contribution in [3.8, 4) is 17.0 Å². The molecule has 48 heavy (non-hydrogen) atoms. The molecule has 6 rings (SSSR count). The molecule has 4 heterocycles. The van der Waals surface area contributed by atoms with E-state index in [0.717, 1.165) is 42.5 Å². The van der Waals surface area contributed by atoms with Gasteiger partial charge in [0, 0.05) is 37.4 Å². The molecule has 1 aromatic heterocycles. The summed E-state index contributed by atoms with van der Waals surface area (Å²) in [6, 6.07) is 11.1. The zero-order valence-corrected chi connectivity index (χ0v) is 27.2. The van der Waals surface area contributed by atoms with E-state index >= 15 is 0 Å². The predicted octanol–water partition coefficient (Wildman–Crippen LogP) is 2.00. The number of carbonyl (C=O) groups is 2. The molecule has 0 aliphatic carbocycles. The summed E-state index contributed by atoms with van der Waals surface area (Å²) >= 11 is 0. The van der Waals surface area contributed by atoms with Crippen LogP contribution in [-0.4, -0.2) is 106 Å². The number of carboxylic acid groups (broad SMARTS) is 1. The monoisotopic (exact) mass is 684 g/mol. The van der Waals surface area contributed by atoms with Gasteiger partial charge in [-0.25, -0.2) is 18.4 Å². The van der Waals surface area contributed by atoms with Crippen LogP contribution in [0, 0.1) is 5.92 Å². The van der Waals surface area contributed by atoms with Crippen molar-refractivity contribution in [1.82, 2.24) is 19.6 Å². The molecule has 3 aliphatic heterocycles. The number of carboxylic acids is 1. The number of amides is 1. The maximum absolute atomic E-state index is 13.6. The van der Waals surface area contributed by atoms with Crippen molar-refractivity contribution in [2.75, 3.05) is 76.9 Å². The zero-order chi connectivity index (χ0) is 33.9.